The molecule has 1 aliphatic rings. The van der Waals surface area contributed by atoms with E-state index in [1.54, 1.807) is 0 Å². The fraction of sp³-hybridized carbons (Fsp3) is 0.833. The Morgan fingerprint density at radius 3 is 2.79 bits per heavy atom. The largest absolute Gasteiger partial charge is 0.390 e. The van der Waals surface area contributed by atoms with Gasteiger partial charge in [0.05, 0.1) is 18.3 Å². The van der Waals surface area contributed by atoms with Crippen molar-refractivity contribution in [3.63, 3.8) is 0 Å². The molecule has 0 aromatic rings. The Morgan fingerprint density at radius 2 is 2.14 bits per heavy atom. The van der Waals surface area contributed by atoms with Gasteiger partial charge in [0.15, 0.2) is 0 Å². The van der Waals surface area contributed by atoms with Crippen LogP contribution in [0.1, 0.15) is 40.0 Å². The third kappa shape index (κ3) is 3.01. The molecule has 0 aliphatic carbocycles. The summed E-state index contributed by atoms with van der Waals surface area (Å²) in [5.41, 5.74) is 0. The van der Waals surface area contributed by atoms with Crippen molar-refractivity contribution in [3.05, 3.63) is 0 Å². The van der Waals surface area contributed by atoms with E-state index in [-0.39, 0.29) is 18.3 Å². The lowest BCUT2D eigenvalue weighted by Gasteiger charge is -2.36. The molecule has 4 unspecified atom stereocenters. The van der Waals surface area contributed by atoms with Crippen LogP contribution in [-0.2, 0) is 4.74 Å². The molecule has 80 valence electrons. The summed E-state index contributed by atoms with van der Waals surface area (Å²) in [7, 11) is 0. The van der Waals surface area contributed by atoms with Gasteiger partial charge in [-0.1, -0.05) is 6.92 Å². The normalized spacial score (nSPS) is 37.4. The number of ether oxygens (including phenoxy) is 1. The van der Waals surface area contributed by atoms with Gasteiger partial charge in [-0.2, -0.15) is 0 Å². The van der Waals surface area contributed by atoms with Crippen LogP contribution in [0.2, 0.25) is 0 Å². The van der Waals surface area contributed by atoms with Crippen molar-refractivity contribution in [2.24, 2.45) is 5.92 Å². The van der Waals surface area contributed by atoms with E-state index in [1.165, 1.54) is 0 Å². The van der Waals surface area contributed by atoms with Gasteiger partial charge < -0.3 is 9.84 Å². The van der Waals surface area contributed by atoms with Crippen molar-refractivity contribution >= 4 is 0 Å². The molecular weight excluding hydrogens is 176 g/mol. The molecule has 0 aromatic heterocycles. The van der Waals surface area contributed by atoms with Gasteiger partial charge in [0.2, 0.25) is 0 Å². The predicted octanol–water partition coefficient (Wildman–Crippen LogP) is 1.96. The first kappa shape index (κ1) is 11.6. The Balaban J connectivity index is 2.39. The zero-order valence-electron chi connectivity index (χ0n) is 9.29. The summed E-state index contributed by atoms with van der Waals surface area (Å²) in [6, 6.07) is 0. The second-order valence-electron chi connectivity index (χ2n) is 4.13. The monoisotopic (exact) mass is 196 g/mol. The van der Waals surface area contributed by atoms with E-state index in [1.807, 2.05) is 13.8 Å². The van der Waals surface area contributed by atoms with E-state index in [4.69, 9.17) is 4.74 Å². The standard InChI is InChI=1S/C12H20O2/c1-4-5-6-7-12-9(2)8-11(13)10(3)14-12/h9-13H,6-8H2,1-3H3. The van der Waals surface area contributed by atoms with E-state index < -0.39 is 0 Å². The topological polar surface area (TPSA) is 29.5 Å². The molecule has 0 spiro atoms. The molecule has 1 fully saturated rings. The average molecular weight is 196 g/mol. The van der Waals surface area contributed by atoms with Gasteiger partial charge in [0.1, 0.15) is 0 Å². The predicted molar refractivity (Wildman–Crippen MR) is 56.8 cm³/mol. The fourth-order valence-corrected chi connectivity index (χ4v) is 1.92. The molecule has 2 heteroatoms. The van der Waals surface area contributed by atoms with Crippen LogP contribution < -0.4 is 0 Å². The maximum Gasteiger partial charge on any atom is 0.0809 e. The van der Waals surface area contributed by atoms with Gasteiger partial charge in [-0.3, -0.25) is 0 Å². The Labute approximate surface area is 86.7 Å². The highest BCUT2D eigenvalue weighted by atomic mass is 16.5. The summed E-state index contributed by atoms with van der Waals surface area (Å²) in [4.78, 5) is 0. The number of hydrogen-bond acceptors (Lipinski definition) is 2. The molecule has 1 N–H and O–H groups in total. The maximum atomic E-state index is 9.58. The van der Waals surface area contributed by atoms with Crippen LogP contribution >= 0.6 is 0 Å². The Hall–Kier alpha value is -0.520. The van der Waals surface area contributed by atoms with Crippen LogP contribution in [0.15, 0.2) is 0 Å². The third-order valence-electron chi connectivity index (χ3n) is 2.91. The van der Waals surface area contributed by atoms with E-state index in [0.29, 0.717) is 5.92 Å². The summed E-state index contributed by atoms with van der Waals surface area (Å²) in [6.45, 7) is 5.94. The fourth-order valence-electron chi connectivity index (χ4n) is 1.92. The highest BCUT2D eigenvalue weighted by Gasteiger charge is 2.31. The van der Waals surface area contributed by atoms with E-state index in [0.717, 1.165) is 19.3 Å². The number of hydrogen-bond donors (Lipinski definition) is 1. The van der Waals surface area contributed by atoms with E-state index in [9.17, 15) is 5.11 Å². The molecular formula is C12H20O2. The molecule has 1 rings (SSSR count). The number of aliphatic hydroxyl groups excluding tert-OH is 1. The highest BCUT2D eigenvalue weighted by molar-refractivity contribution is 4.96. The summed E-state index contributed by atoms with van der Waals surface area (Å²) >= 11 is 0. The van der Waals surface area contributed by atoms with Gasteiger partial charge in [-0.25, -0.2) is 0 Å². The molecule has 0 amide bonds. The summed E-state index contributed by atoms with van der Waals surface area (Å²) < 4.78 is 5.74. The molecule has 1 heterocycles. The second kappa shape index (κ2) is 5.38. The van der Waals surface area contributed by atoms with Crippen molar-refractivity contribution in [3.8, 4) is 11.8 Å². The van der Waals surface area contributed by atoms with E-state index >= 15 is 0 Å². The van der Waals surface area contributed by atoms with Gasteiger partial charge in [-0.15, -0.1) is 11.8 Å². The molecule has 0 bridgehead atoms. The molecule has 14 heavy (non-hydrogen) atoms. The molecule has 1 aliphatic heterocycles. The number of rotatable bonds is 2. The van der Waals surface area contributed by atoms with Crippen LogP contribution in [-0.4, -0.2) is 23.4 Å². The Morgan fingerprint density at radius 1 is 1.43 bits per heavy atom. The van der Waals surface area contributed by atoms with Crippen LogP contribution in [0.4, 0.5) is 0 Å². The zero-order chi connectivity index (χ0) is 10.6. The lowest BCUT2D eigenvalue weighted by atomic mass is 9.89. The average Bonchev–Trinajstić information content (AvgIpc) is 2.14. The van der Waals surface area contributed by atoms with Crippen molar-refractivity contribution in [1.82, 2.24) is 0 Å². The molecule has 4 atom stereocenters. The zero-order valence-corrected chi connectivity index (χ0v) is 9.29. The van der Waals surface area contributed by atoms with Crippen LogP contribution in [0.25, 0.3) is 0 Å². The Kier molecular flexibility index (Phi) is 4.44. The van der Waals surface area contributed by atoms with Crippen LogP contribution in [0.3, 0.4) is 0 Å². The second-order valence-corrected chi connectivity index (χ2v) is 4.13. The van der Waals surface area contributed by atoms with Crippen molar-refractivity contribution < 1.29 is 9.84 Å². The van der Waals surface area contributed by atoms with Crippen LogP contribution in [0, 0.1) is 17.8 Å². The first-order valence-electron chi connectivity index (χ1n) is 5.38. The molecule has 2 nitrogen and oxygen atoms in total. The highest BCUT2D eigenvalue weighted by Crippen LogP contribution is 2.27. The first-order chi connectivity index (χ1) is 6.65. The smallest absolute Gasteiger partial charge is 0.0809 e. The van der Waals surface area contributed by atoms with Gasteiger partial charge in [0.25, 0.3) is 0 Å². The number of aliphatic hydroxyl groups is 1. The molecule has 1 saturated heterocycles. The molecule has 0 saturated carbocycles. The maximum absolute atomic E-state index is 9.58. The quantitative estimate of drug-likeness (QED) is 0.684. The van der Waals surface area contributed by atoms with Crippen molar-refractivity contribution in [2.45, 2.75) is 58.3 Å². The lowest BCUT2D eigenvalue weighted by Crippen LogP contribution is -2.41. The minimum absolute atomic E-state index is 0.0224. The minimum Gasteiger partial charge on any atom is -0.390 e. The Bertz CT molecular complexity index is 226. The summed E-state index contributed by atoms with van der Waals surface area (Å²) in [5.74, 6) is 6.38. The molecule has 0 radical (unpaired) electrons. The van der Waals surface area contributed by atoms with E-state index in [2.05, 4.69) is 18.8 Å². The first-order valence-corrected chi connectivity index (χ1v) is 5.38. The summed E-state index contributed by atoms with van der Waals surface area (Å²) in [6.07, 6.45) is 2.69. The third-order valence-corrected chi connectivity index (χ3v) is 2.91. The van der Waals surface area contributed by atoms with Crippen molar-refractivity contribution in [1.29, 1.82) is 0 Å². The summed E-state index contributed by atoms with van der Waals surface area (Å²) in [5, 5.41) is 9.58. The minimum atomic E-state index is -0.293. The molecule has 0 aromatic carbocycles. The SMILES string of the molecule is CC#CCCC1OC(C)C(O)CC1C. The van der Waals surface area contributed by atoms with Crippen LogP contribution in [0.5, 0.6) is 0 Å². The van der Waals surface area contributed by atoms with Gasteiger partial charge in [-0.05, 0) is 32.6 Å². The lowest BCUT2D eigenvalue weighted by molar-refractivity contribution is -0.134. The van der Waals surface area contributed by atoms with Crippen molar-refractivity contribution in [2.75, 3.05) is 0 Å². The van der Waals surface area contributed by atoms with Gasteiger partial charge in [0, 0.05) is 6.42 Å². The van der Waals surface area contributed by atoms with Gasteiger partial charge >= 0.3 is 0 Å².